The molecule has 0 saturated carbocycles. The molecule has 0 amide bonds. The van der Waals surface area contributed by atoms with Gasteiger partial charge in [0.15, 0.2) is 0 Å². The lowest BCUT2D eigenvalue weighted by Gasteiger charge is -2.12. The summed E-state index contributed by atoms with van der Waals surface area (Å²) in [5.41, 5.74) is 0. The Balaban J connectivity index is 1.91. The van der Waals surface area contributed by atoms with E-state index in [1.165, 1.54) is 0 Å². The molecule has 5 heteroatoms. The fraction of sp³-hybridized carbons (Fsp3) is 0.692. The fourth-order valence-corrected chi connectivity index (χ4v) is 1.91. The van der Waals surface area contributed by atoms with Gasteiger partial charge >= 0.3 is 0 Å². The Kier molecular flexibility index (Phi) is 4.75. The molecular formula is C13H21N3O2. The van der Waals surface area contributed by atoms with E-state index in [-0.39, 0.29) is 6.10 Å². The van der Waals surface area contributed by atoms with Crippen molar-refractivity contribution >= 4 is 5.82 Å². The highest BCUT2D eigenvalue weighted by Crippen LogP contribution is 2.16. The van der Waals surface area contributed by atoms with Gasteiger partial charge in [-0.1, -0.05) is 6.92 Å². The van der Waals surface area contributed by atoms with Gasteiger partial charge in [0.25, 0.3) is 0 Å². The summed E-state index contributed by atoms with van der Waals surface area (Å²) in [5.74, 6) is 2.17. The van der Waals surface area contributed by atoms with Crippen LogP contribution in [0, 0.1) is 6.92 Å². The van der Waals surface area contributed by atoms with Gasteiger partial charge in [-0.2, -0.15) is 4.98 Å². The first-order valence-electron chi connectivity index (χ1n) is 6.62. The molecule has 1 atom stereocenters. The number of aryl methyl sites for hydroxylation is 1. The number of anilines is 1. The largest absolute Gasteiger partial charge is 0.475 e. The topological polar surface area (TPSA) is 56.3 Å². The van der Waals surface area contributed by atoms with Crippen molar-refractivity contribution in [2.45, 2.75) is 39.2 Å². The van der Waals surface area contributed by atoms with E-state index in [4.69, 9.17) is 9.47 Å². The molecule has 5 nitrogen and oxygen atoms in total. The van der Waals surface area contributed by atoms with Crippen molar-refractivity contribution in [3.8, 4) is 5.88 Å². The van der Waals surface area contributed by atoms with E-state index in [2.05, 4.69) is 22.2 Å². The Hall–Kier alpha value is -1.36. The third kappa shape index (κ3) is 3.84. The van der Waals surface area contributed by atoms with Crippen molar-refractivity contribution in [3.63, 3.8) is 0 Å². The highest BCUT2D eigenvalue weighted by Gasteiger charge is 2.16. The summed E-state index contributed by atoms with van der Waals surface area (Å²) in [6.45, 7) is 6.32. The van der Waals surface area contributed by atoms with E-state index < -0.39 is 0 Å². The van der Waals surface area contributed by atoms with E-state index in [0.29, 0.717) is 12.5 Å². The molecule has 1 aromatic heterocycles. The minimum atomic E-state index is 0.215. The van der Waals surface area contributed by atoms with Gasteiger partial charge in [0.2, 0.25) is 5.88 Å². The van der Waals surface area contributed by atoms with Crippen LogP contribution in [0.3, 0.4) is 0 Å². The molecule has 2 rings (SSSR count). The number of hydrogen-bond acceptors (Lipinski definition) is 5. The summed E-state index contributed by atoms with van der Waals surface area (Å²) in [4.78, 5) is 8.59. The number of rotatable bonds is 6. The van der Waals surface area contributed by atoms with Crippen molar-refractivity contribution in [1.29, 1.82) is 0 Å². The summed E-state index contributed by atoms with van der Waals surface area (Å²) in [6, 6.07) is 1.84. The lowest BCUT2D eigenvalue weighted by atomic mass is 10.2. The zero-order chi connectivity index (χ0) is 12.8. The Morgan fingerprint density at radius 1 is 1.50 bits per heavy atom. The molecule has 0 aromatic carbocycles. The monoisotopic (exact) mass is 251 g/mol. The van der Waals surface area contributed by atoms with Crippen molar-refractivity contribution in [1.82, 2.24) is 9.97 Å². The maximum Gasteiger partial charge on any atom is 0.218 e. The van der Waals surface area contributed by atoms with Gasteiger partial charge in [0.1, 0.15) is 18.2 Å². The predicted molar refractivity (Wildman–Crippen MR) is 70.0 cm³/mol. The summed E-state index contributed by atoms with van der Waals surface area (Å²) in [5, 5.41) is 3.24. The zero-order valence-electron chi connectivity index (χ0n) is 11.1. The molecule has 18 heavy (non-hydrogen) atoms. The molecule has 1 fully saturated rings. The third-order valence-electron chi connectivity index (χ3n) is 2.81. The minimum Gasteiger partial charge on any atom is -0.475 e. The fourth-order valence-electron chi connectivity index (χ4n) is 1.91. The number of ether oxygens (including phenoxy) is 2. The summed E-state index contributed by atoms with van der Waals surface area (Å²) < 4.78 is 11.2. The van der Waals surface area contributed by atoms with Gasteiger partial charge in [-0.15, -0.1) is 0 Å². The van der Waals surface area contributed by atoms with Crippen LogP contribution in [0.5, 0.6) is 5.88 Å². The second-order valence-corrected chi connectivity index (χ2v) is 4.51. The van der Waals surface area contributed by atoms with Crippen LogP contribution >= 0.6 is 0 Å². The molecule has 1 aliphatic rings. The number of aromatic nitrogens is 2. The molecule has 100 valence electrons. The third-order valence-corrected chi connectivity index (χ3v) is 2.81. The molecule has 0 spiro atoms. The Labute approximate surface area is 108 Å². The first-order valence-corrected chi connectivity index (χ1v) is 6.62. The molecule has 0 bridgehead atoms. The standard InChI is InChI=1S/C13H21N3O2/c1-3-6-14-12-8-13(16-10(2)15-12)18-9-11-5-4-7-17-11/h8,11H,3-7,9H2,1-2H3,(H,14,15,16). The maximum atomic E-state index is 5.68. The highest BCUT2D eigenvalue weighted by molar-refractivity contribution is 5.38. The lowest BCUT2D eigenvalue weighted by molar-refractivity contribution is 0.0662. The molecule has 0 radical (unpaired) electrons. The van der Waals surface area contributed by atoms with E-state index in [1.807, 2.05) is 13.0 Å². The summed E-state index contributed by atoms with van der Waals surface area (Å²) >= 11 is 0. The predicted octanol–water partition coefficient (Wildman–Crippen LogP) is 2.16. The zero-order valence-corrected chi connectivity index (χ0v) is 11.1. The second-order valence-electron chi connectivity index (χ2n) is 4.51. The second kappa shape index (κ2) is 6.54. The van der Waals surface area contributed by atoms with E-state index in [1.54, 1.807) is 0 Å². The summed E-state index contributed by atoms with van der Waals surface area (Å²) in [6.07, 6.45) is 3.48. The van der Waals surface area contributed by atoms with Crippen LogP contribution in [0.25, 0.3) is 0 Å². The smallest absolute Gasteiger partial charge is 0.218 e. The van der Waals surface area contributed by atoms with Gasteiger partial charge in [0.05, 0.1) is 6.10 Å². The molecule has 1 unspecified atom stereocenters. The van der Waals surface area contributed by atoms with Gasteiger partial charge < -0.3 is 14.8 Å². The molecule has 0 aliphatic carbocycles. The van der Waals surface area contributed by atoms with Crippen LogP contribution in [0.1, 0.15) is 32.0 Å². The molecule has 1 saturated heterocycles. The van der Waals surface area contributed by atoms with Crippen molar-refractivity contribution in [3.05, 3.63) is 11.9 Å². The normalized spacial score (nSPS) is 18.9. The van der Waals surface area contributed by atoms with Gasteiger partial charge in [-0.25, -0.2) is 4.98 Å². The van der Waals surface area contributed by atoms with Crippen LogP contribution < -0.4 is 10.1 Å². The van der Waals surface area contributed by atoms with Gasteiger partial charge in [-0.05, 0) is 26.2 Å². The SMILES string of the molecule is CCCNc1cc(OCC2CCCO2)nc(C)n1. The Bertz CT molecular complexity index is 378. The first kappa shape index (κ1) is 13.1. The van der Waals surface area contributed by atoms with E-state index >= 15 is 0 Å². The summed E-state index contributed by atoms with van der Waals surface area (Å²) in [7, 11) is 0. The highest BCUT2D eigenvalue weighted by atomic mass is 16.5. The number of nitrogens with one attached hydrogen (secondary N) is 1. The Morgan fingerprint density at radius 3 is 3.11 bits per heavy atom. The maximum absolute atomic E-state index is 5.68. The molecule has 1 aromatic rings. The van der Waals surface area contributed by atoms with Crippen LogP contribution in [-0.2, 0) is 4.74 Å². The van der Waals surface area contributed by atoms with Crippen molar-refractivity contribution in [2.75, 3.05) is 25.1 Å². The van der Waals surface area contributed by atoms with E-state index in [0.717, 1.165) is 44.1 Å². The average Bonchev–Trinajstić information content (AvgIpc) is 2.86. The molecular weight excluding hydrogens is 230 g/mol. The van der Waals surface area contributed by atoms with Crippen LogP contribution in [0.15, 0.2) is 6.07 Å². The van der Waals surface area contributed by atoms with Crippen molar-refractivity contribution in [2.24, 2.45) is 0 Å². The first-order chi connectivity index (χ1) is 8.78. The van der Waals surface area contributed by atoms with E-state index in [9.17, 15) is 0 Å². The number of nitrogens with zero attached hydrogens (tertiary/aromatic N) is 2. The van der Waals surface area contributed by atoms with Crippen LogP contribution in [-0.4, -0.2) is 35.8 Å². The minimum absolute atomic E-state index is 0.215. The molecule has 1 aliphatic heterocycles. The Morgan fingerprint density at radius 2 is 2.39 bits per heavy atom. The molecule has 2 heterocycles. The molecule has 1 N–H and O–H groups in total. The number of hydrogen-bond donors (Lipinski definition) is 1. The van der Waals surface area contributed by atoms with Crippen LogP contribution in [0.2, 0.25) is 0 Å². The lowest BCUT2D eigenvalue weighted by Crippen LogP contribution is -2.17. The average molecular weight is 251 g/mol. The quantitative estimate of drug-likeness (QED) is 0.839. The van der Waals surface area contributed by atoms with Gasteiger partial charge in [-0.3, -0.25) is 0 Å². The van der Waals surface area contributed by atoms with Gasteiger partial charge in [0, 0.05) is 19.2 Å². The van der Waals surface area contributed by atoms with Crippen molar-refractivity contribution < 1.29 is 9.47 Å². The van der Waals surface area contributed by atoms with Crippen LogP contribution in [0.4, 0.5) is 5.82 Å².